The molecule has 144 valence electrons. The van der Waals surface area contributed by atoms with Crippen LogP contribution in [0.3, 0.4) is 0 Å². The minimum absolute atomic E-state index is 0.0291. The summed E-state index contributed by atoms with van der Waals surface area (Å²) in [5.74, 6) is 1.49. The van der Waals surface area contributed by atoms with Gasteiger partial charge in [-0.15, -0.1) is 0 Å². The number of nitrogens with one attached hydrogen (secondary N) is 1. The number of urea groups is 1. The number of amides is 2. The molecule has 2 saturated heterocycles. The number of sulfonamides is 1. The average molecular weight is 381 g/mol. The number of carbonyl (C=O) groups excluding carboxylic acids is 1. The van der Waals surface area contributed by atoms with Gasteiger partial charge in [-0.05, 0) is 55.4 Å². The van der Waals surface area contributed by atoms with Crippen LogP contribution >= 0.6 is 0 Å². The van der Waals surface area contributed by atoms with Crippen LogP contribution in [-0.2, 0) is 10.0 Å². The molecular weight excluding hydrogens is 354 g/mol. The highest BCUT2D eigenvalue weighted by molar-refractivity contribution is 7.89. The summed E-state index contributed by atoms with van der Waals surface area (Å²) < 4.78 is 32.4. The van der Waals surface area contributed by atoms with Crippen molar-refractivity contribution in [3.8, 4) is 5.75 Å². The maximum absolute atomic E-state index is 12.9. The molecule has 0 aliphatic carbocycles. The first kappa shape index (κ1) is 19.0. The maximum atomic E-state index is 12.9. The lowest BCUT2D eigenvalue weighted by Gasteiger charge is -2.34. The van der Waals surface area contributed by atoms with E-state index in [0.29, 0.717) is 35.6 Å². The lowest BCUT2D eigenvalue weighted by molar-refractivity contribution is 0.153. The van der Waals surface area contributed by atoms with E-state index in [9.17, 15) is 13.2 Å². The van der Waals surface area contributed by atoms with Crippen LogP contribution in [0.1, 0.15) is 19.3 Å². The number of piperidine rings is 1. The summed E-state index contributed by atoms with van der Waals surface area (Å²) >= 11 is 0. The minimum Gasteiger partial charge on any atom is -0.497 e. The topological polar surface area (TPSA) is 79.0 Å². The van der Waals surface area contributed by atoms with Crippen LogP contribution in [0.5, 0.6) is 5.75 Å². The molecule has 2 amide bonds. The number of rotatable bonds is 4. The highest BCUT2D eigenvalue weighted by atomic mass is 32.2. The zero-order valence-electron chi connectivity index (χ0n) is 15.3. The Bertz CT molecular complexity index is 727. The summed E-state index contributed by atoms with van der Waals surface area (Å²) in [5.41, 5.74) is 0. The molecule has 1 atom stereocenters. The number of ether oxygens (including phenoxy) is 1. The van der Waals surface area contributed by atoms with E-state index in [1.54, 1.807) is 42.7 Å². The third kappa shape index (κ3) is 3.81. The van der Waals surface area contributed by atoms with Gasteiger partial charge in [0.15, 0.2) is 0 Å². The van der Waals surface area contributed by atoms with E-state index in [2.05, 4.69) is 5.32 Å². The first-order valence-electron chi connectivity index (χ1n) is 9.06. The molecular formula is C18H27N3O4S. The van der Waals surface area contributed by atoms with Crippen molar-refractivity contribution in [2.24, 2.45) is 11.8 Å². The molecule has 2 aliphatic rings. The second-order valence-electron chi connectivity index (χ2n) is 6.97. The Morgan fingerprint density at radius 2 is 1.69 bits per heavy atom. The molecule has 3 rings (SSSR count). The number of benzene rings is 1. The van der Waals surface area contributed by atoms with Gasteiger partial charge in [0, 0.05) is 33.2 Å². The van der Waals surface area contributed by atoms with Crippen LogP contribution in [0.25, 0.3) is 0 Å². The predicted molar refractivity (Wildman–Crippen MR) is 98.6 cm³/mol. The Labute approximate surface area is 155 Å². The molecule has 0 aromatic heterocycles. The molecule has 1 unspecified atom stereocenters. The number of carbonyl (C=O) groups is 1. The van der Waals surface area contributed by atoms with Gasteiger partial charge in [0.1, 0.15) is 5.75 Å². The molecule has 7 nitrogen and oxygen atoms in total. The average Bonchev–Trinajstić information content (AvgIpc) is 3.18. The van der Waals surface area contributed by atoms with E-state index < -0.39 is 10.0 Å². The highest BCUT2D eigenvalue weighted by Gasteiger charge is 2.37. The lowest BCUT2D eigenvalue weighted by atomic mass is 9.84. The van der Waals surface area contributed by atoms with Crippen molar-refractivity contribution in [3.63, 3.8) is 0 Å². The highest BCUT2D eigenvalue weighted by Crippen LogP contribution is 2.34. The van der Waals surface area contributed by atoms with E-state index in [-0.39, 0.29) is 6.03 Å². The largest absolute Gasteiger partial charge is 0.497 e. The molecule has 2 aliphatic heterocycles. The molecule has 1 N–H and O–H groups in total. The third-order valence-electron chi connectivity index (χ3n) is 5.59. The van der Waals surface area contributed by atoms with Crippen LogP contribution in [-0.4, -0.2) is 64.0 Å². The van der Waals surface area contributed by atoms with Gasteiger partial charge in [-0.25, -0.2) is 13.2 Å². The van der Waals surface area contributed by atoms with Crippen molar-refractivity contribution >= 4 is 16.1 Å². The Morgan fingerprint density at radius 1 is 1.08 bits per heavy atom. The van der Waals surface area contributed by atoms with Crippen LogP contribution in [0.2, 0.25) is 0 Å². The van der Waals surface area contributed by atoms with Crippen molar-refractivity contribution in [1.82, 2.24) is 14.5 Å². The van der Waals surface area contributed by atoms with Gasteiger partial charge in [-0.1, -0.05) is 0 Å². The molecule has 2 fully saturated rings. The lowest BCUT2D eigenvalue weighted by Crippen LogP contribution is -2.44. The molecule has 2 heterocycles. The fraction of sp³-hybridized carbons (Fsp3) is 0.611. The van der Waals surface area contributed by atoms with E-state index in [1.807, 2.05) is 4.90 Å². The van der Waals surface area contributed by atoms with Crippen molar-refractivity contribution in [2.45, 2.75) is 24.2 Å². The molecule has 1 aromatic carbocycles. The zero-order valence-corrected chi connectivity index (χ0v) is 16.2. The number of nitrogens with zero attached hydrogens (tertiary/aromatic N) is 2. The number of likely N-dealkylation sites (tertiary alicyclic amines) is 1. The predicted octanol–water partition coefficient (Wildman–Crippen LogP) is 1.76. The fourth-order valence-electron chi connectivity index (χ4n) is 3.99. The van der Waals surface area contributed by atoms with Crippen molar-refractivity contribution in [3.05, 3.63) is 24.3 Å². The van der Waals surface area contributed by atoms with Gasteiger partial charge >= 0.3 is 6.03 Å². The van der Waals surface area contributed by atoms with Gasteiger partial charge in [0.25, 0.3) is 0 Å². The van der Waals surface area contributed by atoms with E-state index in [4.69, 9.17) is 4.74 Å². The molecule has 26 heavy (non-hydrogen) atoms. The molecule has 0 spiro atoms. The molecule has 0 saturated carbocycles. The Hall–Kier alpha value is -1.80. The van der Waals surface area contributed by atoms with Crippen LogP contribution < -0.4 is 10.1 Å². The summed E-state index contributed by atoms with van der Waals surface area (Å²) in [4.78, 5) is 13.8. The maximum Gasteiger partial charge on any atom is 0.317 e. The van der Waals surface area contributed by atoms with Crippen LogP contribution in [0, 0.1) is 11.8 Å². The van der Waals surface area contributed by atoms with E-state index in [1.165, 1.54) is 0 Å². The number of hydrogen-bond donors (Lipinski definition) is 1. The molecule has 1 aromatic rings. The fourth-order valence-corrected chi connectivity index (χ4v) is 5.50. The Morgan fingerprint density at radius 3 is 2.27 bits per heavy atom. The molecule has 0 radical (unpaired) electrons. The Kier molecular flexibility index (Phi) is 5.72. The monoisotopic (exact) mass is 381 g/mol. The summed E-state index contributed by atoms with van der Waals surface area (Å²) in [6, 6.07) is 6.52. The quantitative estimate of drug-likeness (QED) is 0.862. The minimum atomic E-state index is -3.46. The van der Waals surface area contributed by atoms with E-state index in [0.717, 1.165) is 32.4 Å². The van der Waals surface area contributed by atoms with Crippen LogP contribution in [0.15, 0.2) is 29.2 Å². The number of hydrogen-bond acceptors (Lipinski definition) is 4. The number of methoxy groups -OCH3 is 1. The molecule has 0 bridgehead atoms. The normalized spacial score (nSPS) is 22.4. The van der Waals surface area contributed by atoms with Crippen molar-refractivity contribution < 1.29 is 17.9 Å². The van der Waals surface area contributed by atoms with Gasteiger partial charge in [-0.2, -0.15) is 4.31 Å². The summed E-state index contributed by atoms with van der Waals surface area (Å²) in [6.07, 6.45) is 2.77. The summed E-state index contributed by atoms with van der Waals surface area (Å²) in [6.45, 7) is 2.62. The van der Waals surface area contributed by atoms with E-state index >= 15 is 0 Å². The van der Waals surface area contributed by atoms with Gasteiger partial charge in [-0.3, -0.25) is 0 Å². The standard InChI is InChI=1S/C18H27N3O4S/c1-19-18(22)20-10-7-14(8-11-20)15-9-12-21(13-15)26(23,24)17-5-3-16(25-2)4-6-17/h3-6,14-15H,7-13H2,1-2H3,(H,19,22). The second kappa shape index (κ2) is 7.84. The van der Waals surface area contributed by atoms with Crippen molar-refractivity contribution in [1.29, 1.82) is 0 Å². The van der Waals surface area contributed by atoms with Gasteiger partial charge < -0.3 is 15.0 Å². The summed E-state index contributed by atoms with van der Waals surface area (Å²) in [5, 5.41) is 2.66. The first-order valence-corrected chi connectivity index (χ1v) is 10.5. The summed E-state index contributed by atoms with van der Waals surface area (Å²) in [7, 11) is -0.255. The molecule has 8 heteroatoms. The zero-order chi connectivity index (χ0) is 18.7. The Balaban J connectivity index is 1.60. The van der Waals surface area contributed by atoms with Gasteiger partial charge in [0.2, 0.25) is 10.0 Å². The first-order chi connectivity index (χ1) is 12.5. The smallest absolute Gasteiger partial charge is 0.317 e. The third-order valence-corrected chi connectivity index (χ3v) is 7.47. The van der Waals surface area contributed by atoms with Gasteiger partial charge in [0.05, 0.1) is 12.0 Å². The second-order valence-corrected chi connectivity index (χ2v) is 8.90. The SMILES string of the molecule is CNC(=O)N1CCC(C2CCN(S(=O)(=O)c3ccc(OC)cc3)C2)CC1. The van der Waals surface area contributed by atoms with Crippen molar-refractivity contribution in [2.75, 3.05) is 40.3 Å². The van der Waals surface area contributed by atoms with Crippen LogP contribution in [0.4, 0.5) is 4.79 Å².